The number of aromatic nitrogens is 3. The lowest BCUT2D eigenvalue weighted by molar-refractivity contribution is 0.617. The van der Waals surface area contributed by atoms with Gasteiger partial charge >= 0.3 is 0 Å². The number of hydrogen-bond acceptors (Lipinski definition) is 3. The lowest BCUT2D eigenvalue weighted by Crippen LogP contribution is -2.20. The zero-order valence-corrected chi connectivity index (χ0v) is 32.0. The molecule has 0 atom stereocenters. The molecule has 9 aromatic rings. The van der Waals surface area contributed by atoms with Crippen LogP contribution in [-0.2, 0) is 10.8 Å². The highest BCUT2D eigenvalue weighted by Crippen LogP contribution is 2.54. The molecule has 11 rings (SSSR count). The van der Waals surface area contributed by atoms with Crippen LogP contribution in [0.3, 0.4) is 0 Å². The molecule has 0 N–H and O–H groups in total. The molecule has 0 saturated carbocycles. The van der Waals surface area contributed by atoms with Gasteiger partial charge in [0.15, 0.2) is 0 Å². The first-order valence-corrected chi connectivity index (χ1v) is 19.5. The average molecular weight is 721 g/mol. The topological polar surface area (TPSA) is 34.0 Å². The van der Waals surface area contributed by atoms with Crippen molar-refractivity contribution in [1.29, 1.82) is 0 Å². The van der Waals surface area contributed by atoms with Gasteiger partial charge in [-0.2, -0.15) is 0 Å². The SMILES string of the molecule is CC1(C)c2cc(-c3ccc(-n4c5ccccc5c5ccccc54)cc3)ccc2-c2nc3c(nc21)-c1ccc(N(c2ccccc2)c2ccccc2)cc1C3(C)C. The van der Waals surface area contributed by atoms with Gasteiger partial charge in [0.1, 0.15) is 0 Å². The second kappa shape index (κ2) is 11.9. The quantitative estimate of drug-likeness (QED) is 0.177. The summed E-state index contributed by atoms with van der Waals surface area (Å²) < 4.78 is 2.37. The van der Waals surface area contributed by atoms with E-state index in [4.69, 9.17) is 9.97 Å². The maximum absolute atomic E-state index is 5.54. The highest BCUT2D eigenvalue weighted by molar-refractivity contribution is 6.09. The summed E-state index contributed by atoms with van der Waals surface area (Å²) in [6.45, 7) is 9.20. The smallest absolute Gasteiger partial charge is 0.0933 e. The normalized spacial score (nSPS) is 14.4. The van der Waals surface area contributed by atoms with Gasteiger partial charge in [0.2, 0.25) is 0 Å². The van der Waals surface area contributed by atoms with Crippen LogP contribution in [0.25, 0.3) is 61.1 Å². The van der Waals surface area contributed by atoms with E-state index < -0.39 is 0 Å². The van der Waals surface area contributed by atoms with Crippen molar-refractivity contribution in [1.82, 2.24) is 14.5 Å². The molecule has 7 aromatic carbocycles. The molecule has 56 heavy (non-hydrogen) atoms. The summed E-state index contributed by atoms with van der Waals surface area (Å²) in [7, 11) is 0. The van der Waals surface area contributed by atoms with Gasteiger partial charge in [-0.15, -0.1) is 0 Å². The van der Waals surface area contributed by atoms with E-state index in [1.54, 1.807) is 0 Å². The molecule has 2 aliphatic rings. The molecule has 0 bridgehead atoms. The lowest BCUT2D eigenvalue weighted by Gasteiger charge is -2.27. The Hall–Kier alpha value is -6.78. The van der Waals surface area contributed by atoms with Crippen LogP contribution in [0, 0.1) is 0 Å². The number of hydrogen-bond donors (Lipinski definition) is 0. The fourth-order valence-corrected chi connectivity index (χ4v) is 9.38. The molecule has 2 aliphatic carbocycles. The number of anilines is 3. The van der Waals surface area contributed by atoms with Gasteiger partial charge in [0.05, 0.1) is 33.8 Å². The monoisotopic (exact) mass is 720 g/mol. The van der Waals surface area contributed by atoms with Gasteiger partial charge in [-0.25, -0.2) is 9.97 Å². The van der Waals surface area contributed by atoms with E-state index in [2.05, 4.69) is 207 Å². The molecule has 2 heterocycles. The van der Waals surface area contributed by atoms with Gasteiger partial charge in [0.25, 0.3) is 0 Å². The van der Waals surface area contributed by atoms with Crippen molar-refractivity contribution in [3.8, 4) is 39.3 Å². The first kappa shape index (κ1) is 32.6. The van der Waals surface area contributed by atoms with Gasteiger partial charge in [-0.05, 0) is 89.0 Å². The van der Waals surface area contributed by atoms with Crippen molar-refractivity contribution in [3.05, 3.63) is 192 Å². The Labute approximate surface area is 327 Å². The minimum atomic E-state index is -0.327. The van der Waals surface area contributed by atoms with Crippen molar-refractivity contribution in [2.75, 3.05) is 4.90 Å². The van der Waals surface area contributed by atoms with Crippen LogP contribution in [0.1, 0.15) is 50.2 Å². The van der Waals surface area contributed by atoms with E-state index in [-0.39, 0.29) is 10.8 Å². The summed E-state index contributed by atoms with van der Waals surface area (Å²) >= 11 is 0. The Bertz CT molecular complexity index is 2920. The van der Waals surface area contributed by atoms with Gasteiger partial charge in [-0.3, -0.25) is 0 Å². The summed E-state index contributed by atoms with van der Waals surface area (Å²) in [6.07, 6.45) is 0. The molecule has 0 aliphatic heterocycles. The Morgan fingerprint density at radius 1 is 0.429 bits per heavy atom. The largest absolute Gasteiger partial charge is 0.310 e. The summed E-state index contributed by atoms with van der Waals surface area (Å²) in [5, 5.41) is 2.55. The van der Waals surface area contributed by atoms with Crippen LogP contribution in [0.2, 0.25) is 0 Å². The zero-order valence-electron chi connectivity index (χ0n) is 32.0. The maximum Gasteiger partial charge on any atom is 0.0933 e. The number of fused-ring (bicyclic) bond motifs is 9. The van der Waals surface area contributed by atoms with Gasteiger partial charge in [0, 0.05) is 55.5 Å². The predicted octanol–water partition coefficient (Wildman–Crippen LogP) is 13.3. The van der Waals surface area contributed by atoms with Crippen LogP contribution in [0.4, 0.5) is 17.1 Å². The number of nitrogens with zero attached hydrogens (tertiary/aromatic N) is 4. The average Bonchev–Trinajstić information content (AvgIpc) is 3.77. The molecule has 268 valence electrons. The third kappa shape index (κ3) is 4.65. The third-order valence-corrected chi connectivity index (χ3v) is 12.3. The summed E-state index contributed by atoms with van der Waals surface area (Å²) in [5.41, 5.74) is 17.7. The number of benzene rings is 7. The molecule has 2 aromatic heterocycles. The molecule has 0 radical (unpaired) electrons. The van der Waals surface area contributed by atoms with E-state index in [1.165, 1.54) is 55.2 Å². The van der Waals surface area contributed by atoms with Crippen molar-refractivity contribution in [3.63, 3.8) is 0 Å². The molecule has 0 amide bonds. The zero-order chi connectivity index (χ0) is 37.8. The van der Waals surface area contributed by atoms with Crippen LogP contribution >= 0.6 is 0 Å². The first-order chi connectivity index (χ1) is 27.3. The second-order valence-electron chi connectivity index (χ2n) is 16.3. The van der Waals surface area contributed by atoms with Crippen molar-refractivity contribution in [2.24, 2.45) is 0 Å². The van der Waals surface area contributed by atoms with Crippen LogP contribution < -0.4 is 4.90 Å². The van der Waals surface area contributed by atoms with Gasteiger partial charge < -0.3 is 9.47 Å². The van der Waals surface area contributed by atoms with Crippen LogP contribution in [-0.4, -0.2) is 14.5 Å². The third-order valence-electron chi connectivity index (χ3n) is 12.3. The van der Waals surface area contributed by atoms with E-state index in [0.717, 1.165) is 45.5 Å². The van der Waals surface area contributed by atoms with Crippen LogP contribution in [0.5, 0.6) is 0 Å². The summed E-state index contributed by atoms with van der Waals surface area (Å²) in [6, 6.07) is 61.3. The van der Waals surface area contributed by atoms with Crippen molar-refractivity contribution in [2.45, 2.75) is 38.5 Å². The maximum atomic E-state index is 5.54. The summed E-state index contributed by atoms with van der Waals surface area (Å²) in [5.74, 6) is 0. The minimum Gasteiger partial charge on any atom is -0.310 e. The highest BCUT2D eigenvalue weighted by atomic mass is 15.1. The molecular formula is C52H40N4. The standard InChI is InChI=1S/C52H40N4/c1-51(2)43-31-34(33-23-26-37(27-24-33)56-45-21-13-11-19-39(45)40-20-12-14-22-46(40)56)25-29-41(43)47-49(51)54-48-42-30-28-38(32-44(42)52(3,4)50(48)53-47)55(35-15-7-5-8-16-35)36-17-9-6-10-18-36/h5-32H,1-4H3. The molecule has 4 nitrogen and oxygen atoms in total. The highest BCUT2D eigenvalue weighted by Gasteiger charge is 2.44. The Kier molecular flexibility index (Phi) is 6.91. The van der Waals surface area contributed by atoms with E-state index in [0.29, 0.717) is 0 Å². The minimum absolute atomic E-state index is 0.310. The van der Waals surface area contributed by atoms with Gasteiger partial charge in [-0.1, -0.05) is 131 Å². The van der Waals surface area contributed by atoms with E-state index in [9.17, 15) is 0 Å². The Morgan fingerprint density at radius 2 is 0.893 bits per heavy atom. The number of rotatable bonds is 5. The van der Waals surface area contributed by atoms with Crippen LogP contribution in [0.15, 0.2) is 170 Å². The van der Waals surface area contributed by atoms with Crippen molar-refractivity contribution >= 4 is 38.9 Å². The molecular weight excluding hydrogens is 681 g/mol. The fourth-order valence-electron chi connectivity index (χ4n) is 9.38. The van der Waals surface area contributed by atoms with Crippen molar-refractivity contribution < 1.29 is 0 Å². The Morgan fingerprint density at radius 3 is 1.45 bits per heavy atom. The fraction of sp³-hybridized carbons (Fsp3) is 0.115. The Balaban J connectivity index is 0.961. The summed E-state index contributed by atoms with van der Waals surface area (Å²) in [4.78, 5) is 13.4. The molecule has 4 heteroatoms. The van der Waals surface area contributed by atoms with E-state index in [1.807, 2.05) is 0 Å². The molecule has 0 spiro atoms. The predicted molar refractivity (Wildman–Crippen MR) is 232 cm³/mol. The second-order valence-corrected chi connectivity index (χ2v) is 16.3. The number of para-hydroxylation sites is 4. The first-order valence-electron chi connectivity index (χ1n) is 19.5. The molecule has 0 saturated heterocycles. The lowest BCUT2D eigenvalue weighted by atomic mass is 9.84. The van der Waals surface area contributed by atoms with E-state index >= 15 is 0 Å². The molecule has 0 unspecified atom stereocenters. The molecule has 0 fully saturated rings.